The Labute approximate surface area is 242 Å². The molecule has 2 N–H and O–H groups in total. The van der Waals surface area contributed by atoms with Crippen molar-refractivity contribution in [1.29, 1.82) is 0 Å². The van der Waals surface area contributed by atoms with Gasteiger partial charge in [-0.1, -0.05) is 30.2 Å². The lowest BCUT2D eigenvalue weighted by atomic mass is 9.67. The number of phenols is 1. The fraction of sp³-hybridized carbons (Fsp3) is 0.273. The molecule has 0 saturated carbocycles. The first kappa shape index (κ1) is 28.4. The van der Waals surface area contributed by atoms with E-state index < -0.39 is 34.6 Å². The minimum Gasteiger partial charge on any atom is -0.507 e. The van der Waals surface area contributed by atoms with Gasteiger partial charge in [0.25, 0.3) is 5.91 Å². The number of carbonyl (C=O) groups is 4. The van der Waals surface area contributed by atoms with Crippen LogP contribution in [0.2, 0.25) is 0 Å². The van der Waals surface area contributed by atoms with Gasteiger partial charge in [0.05, 0.1) is 12.7 Å². The first-order valence-corrected chi connectivity index (χ1v) is 13.3. The topological polar surface area (TPSA) is 128 Å². The lowest BCUT2D eigenvalue weighted by Crippen LogP contribution is -2.47. The second kappa shape index (κ2) is 10.7. The SMILES string of the molecule is CC#CCOc1cc(C)c(CNC(=O)c2c(OC)cc(O)c3c2OC2=CC(=O)C(C(C)=O)C(=O)[C@]23C)c2ccccc12. The Morgan fingerprint density at radius 1 is 1.14 bits per heavy atom. The van der Waals surface area contributed by atoms with Crippen molar-refractivity contribution >= 4 is 34.0 Å². The maximum absolute atomic E-state index is 13.8. The third kappa shape index (κ3) is 4.36. The van der Waals surface area contributed by atoms with Crippen molar-refractivity contribution in [3.05, 3.63) is 70.5 Å². The molecule has 1 aliphatic heterocycles. The van der Waals surface area contributed by atoms with E-state index in [1.807, 2.05) is 37.3 Å². The molecular weight excluding hydrogens is 538 g/mol. The number of amides is 1. The second-order valence-corrected chi connectivity index (χ2v) is 10.3. The monoisotopic (exact) mass is 567 g/mol. The van der Waals surface area contributed by atoms with Gasteiger partial charge in [0.1, 0.15) is 52.3 Å². The van der Waals surface area contributed by atoms with Gasteiger partial charge in [-0.3, -0.25) is 19.2 Å². The summed E-state index contributed by atoms with van der Waals surface area (Å²) in [5.41, 5.74) is 0.0472. The van der Waals surface area contributed by atoms with Gasteiger partial charge < -0.3 is 24.6 Å². The van der Waals surface area contributed by atoms with Crippen molar-refractivity contribution in [3.8, 4) is 34.8 Å². The summed E-state index contributed by atoms with van der Waals surface area (Å²) in [5, 5.41) is 15.6. The third-order valence-electron chi connectivity index (χ3n) is 7.84. The summed E-state index contributed by atoms with van der Waals surface area (Å²) in [7, 11) is 1.33. The Kier molecular flexibility index (Phi) is 7.25. The van der Waals surface area contributed by atoms with Crippen LogP contribution in [0.25, 0.3) is 10.8 Å². The van der Waals surface area contributed by atoms with Crippen LogP contribution in [0.3, 0.4) is 0 Å². The zero-order chi connectivity index (χ0) is 30.3. The zero-order valence-corrected chi connectivity index (χ0v) is 23.8. The number of aryl methyl sites for hydroxylation is 1. The number of methoxy groups -OCH3 is 1. The number of ether oxygens (including phenoxy) is 3. The van der Waals surface area contributed by atoms with Crippen LogP contribution in [0.15, 0.2) is 48.2 Å². The predicted octanol–water partition coefficient (Wildman–Crippen LogP) is 4.09. The van der Waals surface area contributed by atoms with Gasteiger partial charge >= 0.3 is 0 Å². The molecule has 42 heavy (non-hydrogen) atoms. The standard InChI is InChI=1S/C33H29NO8/c1-6-7-12-41-24-13-17(2)21(19-10-8-9-11-20(19)24)16-34-32(39)28-25(40-5)14-23(37)29-30(28)42-26-15-22(36)27(18(3)35)31(38)33(26,29)4/h8-11,13-15,27,37H,12,16H2,1-5H3,(H,34,39)/t27?,33-/m1/s1. The Morgan fingerprint density at radius 3 is 2.52 bits per heavy atom. The summed E-state index contributed by atoms with van der Waals surface area (Å²) in [4.78, 5) is 52.1. The smallest absolute Gasteiger partial charge is 0.259 e. The molecule has 1 unspecified atom stereocenters. The van der Waals surface area contributed by atoms with Crippen molar-refractivity contribution in [1.82, 2.24) is 5.32 Å². The maximum atomic E-state index is 13.8. The Hall–Kier alpha value is -5.10. The van der Waals surface area contributed by atoms with Crippen molar-refractivity contribution in [2.75, 3.05) is 13.7 Å². The largest absolute Gasteiger partial charge is 0.507 e. The van der Waals surface area contributed by atoms with Crippen LogP contribution in [0.4, 0.5) is 0 Å². The van der Waals surface area contributed by atoms with Crippen LogP contribution in [0.5, 0.6) is 23.0 Å². The van der Waals surface area contributed by atoms with E-state index in [2.05, 4.69) is 17.2 Å². The summed E-state index contributed by atoms with van der Waals surface area (Å²) in [5.74, 6) is 1.71. The summed E-state index contributed by atoms with van der Waals surface area (Å²) in [6.45, 7) is 6.67. The van der Waals surface area contributed by atoms with Crippen molar-refractivity contribution in [2.45, 2.75) is 39.7 Å². The molecule has 1 heterocycles. The predicted molar refractivity (Wildman–Crippen MR) is 154 cm³/mol. The third-order valence-corrected chi connectivity index (χ3v) is 7.84. The number of benzene rings is 3. The van der Waals surface area contributed by atoms with Crippen LogP contribution >= 0.6 is 0 Å². The van der Waals surface area contributed by atoms with Gasteiger partial charge in [-0.05, 0) is 50.3 Å². The number of phenolic OH excluding ortho intramolecular Hbond substituents is 1. The molecule has 2 aliphatic rings. The first-order valence-electron chi connectivity index (χ1n) is 13.3. The number of hydrogen-bond donors (Lipinski definition) is 2. The van der Waals surface area contributed by atoms with Crippen LogP contribution < -0.4 is 19.5 Å². The first-order chi connectivity index (χ1) is 20.0. The van der Waals surface area contributed by atoms with Crippen molar-refractivity contribution in [2.24, 2.45) is 5.92 Å². The number of hydrogen-bond acceptors (Lipinski definition) is 8. The minimum atomic E-state index is -1.64. The van der Waals surface area contributed by atoms with E-state index in [1.54, 1.807) is 6.92 Å². The molecule has 0 bridgehead atoms. The molecule has 3 aromatic carbocycles. The summed E-state index contributed by atoms with van der Waals surface area (Å²) < 4.78 is 17.2. The van der Waals surface area contributed by atoms with Crippen LogP contribution in [-0.4, -0.2) is 42.1 Å². The van der Waals surface area contributed by atoms with Gasteiger partial charge in [-0.25, -0.2) is 0 Å². The van der Waals surface area contributed by atoms with E-state index >= 15 is 0 Å². The zero-order valence-electron chi connectivity index (χ0n) is 23.8. The highest BCUT2D eigenvalue weighted by molar-refractivity contribution is 6.27. The van der Waals surface area contributed by atoms with Gasteiger partial charge in [-0.15, -0.1) is 5.92 Å². The number of carbonyl (C=O) groups excluding carboxylic acids is 4. The molecule has 0 saturated heterocycles. The number of nitrogens with one attached hydrogen (secondary N) is 1. The fourth-order valence-corrected chi connectivity index (χ4v) is 5.68. The molecule has 9 nitrogen and oxygen atoms in total. The summed E-state index contributed by atoms with van der Waals surface area (Å²) in [6, 6.07) is 10.8. The van der Waals surface area contributed by atoms with Crippen LogP contribution in [0, 0.1) is 24.7 Å². The number of rotatable bonds is 7. The van der Waals surface area contributed by atoms with E-state index in [9.17, 15) is 24.3 Å². The normalized spacial score (nSPS) is 18.7. The highest BCUT2D eigenvalue weighted by Gasteiger charge is 2.58. The van der Waals surface area contributed by atoms with Crippen LogP contribution in [0.1, 0.15) is 47.8 Å². The molecule has 2 atom stereocenters. The summed E-state index contributed by atoms with van der Waals surface area (Å²) >= 11 is 0. The maximum Gasteiger partial charge on any atom is 0.259 e. The van der Waals surface area contributed by atoms with Crippen molar-refractivity contribution in [3.63, 3.8) is 0 Å². The van der Waals surface area contributed by atoms with E-state index in [0.717, 1.165) is 34.9 Å². The van der Waals surface area contributed by atoms with Gasteiger partial charge in [0.2, 0.25) is 0 Å². The van der Waals surface area contributed by atoms with Crippen molar-refractivity contribution < 1.29 is 38.5 Å². The fourth-order valence-electron chi connectivity index (χ4n) is 5.68. The molecule has 0 spiro atoms. The van der Waals surface area contributed by atoms with Gasteiger partial charge in [0, 0.05) is 24.1 Å². The number of aromatic hydroxyl groups is 1. The molecular formula is C33H29NO8. The lowest BCUT2D eigenvalue weighted by Gasteiger charge is -2.30. The number of fused-ring (bicyclic) bond motifs is 4. The molecule has 214 valence electrons. The van der Waals surface area contributed by atoms with E-state index in [4.69, 9.17) is 14.2 Å². The minimum absolute atomic E-state index is 0.00163. The van der Waals surface area contributed by atoms with Gasteiger partial charge in [0.15, 0.2) is 17.3 Å². The number of allylic oxidation sites excluding steroid dienone is 2. The Balaban J connectivity index is 1.54. The average molecular weight is 568 g/mol. The Bertz CT molecular complexity index is 1790. The van der Waals surface area contributed by atoms with E-state index in [0.29, 0.717) is 5.75 Å². The van der Waals surface area contributed by atoms with Gasteiger partial charge in [-0.2, -0.15) is 0 Å². The average Bonchev–Trinajstić information content (AvgIpc) is 3.25. The molecule has 5 rings (SSSR count). The number of Topliss-reactive ketones (excluding diaryl/α,β-unsaturated/α-hetero) is 2. The Morgan fingerprint density at radius 2 is 1.86 bits per heavy atom. The molecule has 1 aliphatic carbocycles. The van der Waals surface area contributed by atoms with E-state index in [-0.39, 0.29) is 47.3 Å². The van der Waals surface area contributed by atoms with E-state index in [1.165, 1.54) is 20.1 Å². The molecule has 9 heteroatoms. The molecule has 0 radical (unpaired) electrons. The summed E-state index contributed by atoms with van der Waals surface area (Å²) in [6.07, 6.45) is 1.09. The molecule has 3 aromatic rings. The second-order valence-electron chi connectivity index (χ2n) is 10.3. The lowest BCUT2D eigenvalue weighted by molar-refractivity contribution is -0.140. The molecule has 1 amide bonds. The number of ketones is 3. The van der Waals surface area contributed by atoms with Crippen LogP contribution in [-0.2, 0) is 26.3 Å². The molecule has 0 aromatic heterocycles. The highest BCUT2D eigenvalue weighted by Crippen LogP contribution is 2.56. The highest BCUT2D eigenvalue weighted by atomic mass is 16.5. The molecule has 0 fully saturated rings. The quantitative estimate of drug-likeness (QED) is 0.323.